The average molecular weight is 737 g/mol. The predicted molar refractivity (Wildman–Crippen MR) is 167 cm³/mol. The number of aromatic carboxylic acids is 1. The van der Waals surface area contributed by atoms with Gasteiger partial charge in [0, 0.05) is 5.56 Å². The SMILES string of the molecule is O=C(O)c1cccc(Oc2cccc(-c3nn(Cc4ccc(OC(F)(F)C(=O)O)c(Br)c4)c(=Nc4ccc(Cl)c(Cl)c4)s3)c2)c1. The Labute approximate surface area is 275 Å². The number of carboxylic acid groups (broad SMARTS) is 2. The second kappa shape index (κ2) is 13.4. The van der Waals surface area contributed by atoms with Crippen molar-refractivity contribution in [1.82, 2.24) is 9.78 Å². The third-order valence-electron chi connectivity index (χ3n) is 5.96. The Hall–Kier alpha value is -4.30. The van der Waals surface area contributed by atoms with Gasteiger partial charge in [-0.3, -0.25) is 0 Å². The molecule has 0 aliphatic carbocycles. The Morgan fingerprint density at radius 1 is 0.956 bits per heavy atom. The van der Waals surface area contributed by atoms with Gasteiger partial charge < -0.3 is 19.7 Å². The molecule has 15 heteroatoms. The molecule has 4 aromatic carbocycles. The lowest BCUT2D eigenvalue weighted by Crippen LogP contribution is -2.34. The minimum atomic E-state index is -4.41. The van der Waals surface area contributed by atoms with Crippen molar-refractivity contribution < 1.29 is 38.1 Å². The summed E-state index contributed by atoms with van der Waals surface area (Å²) in [7, 11) is 0. The number of aliphatic carboxylic acids is 1. The smallest absolute Gasteiger partial charge is 0.478 e. The number of hydrogen-bond acceptors (Lipinski definition) is 7. The molecule has 0 radical (unpaired) electrons. The molecule has 0 bridgehead atoms. The minimum Gasteiger partial charge on any atom is -0.478 e. The number of benzene rings is 4. The molecule has 230 valence electrons. The van der Waals surface area contributed by atoms with Gasteiger partial charge in [0.25, 0.3) is 0 Å². The van der Waals surface area contributed by atoms with Crippen LogP contribution in [0, 0.1) is 0 Å². The van der Waals surface area contributed by atoms with Crippen LogP contribution in [0.25, 0.3) is 10.6 Å². The third-order valence-corrected chi connectivity index (χ3v) is 8.32. The molecule has 9 nitrogen and oxygen atoms in total. The van der Waals surface area contributed by atoms with Gasteiger partial charge in [-0.05, 0) is 82.2 Å². The summed E-state index contributed by atoms with van der Waals surface area (Å²) in [5.74, 6) is -3.07. The molecular formula is C30H18BrCl2F2N3O6S. The summed E-state index contributed by atoms with van der Waals surface area (Å²) in [5, 5.41) is 23.9. The average Bonchev–Trinajstić information content (AvgIpc) is 3.38. The van der Waals surface area contributed by atoms with Gasteiger partial charge >= 0.3 is 18.0 Å². The number of carboxylic acids is 2. The van der Waals surface area contributed by atoms with Crippen molar-refractivity contribution in [3.63, 3.8) is 0 Å². The summed E-state index contributed by atoms with van der Waals surface area (Å²) in [6.45, 7) is 0.142. The van der Waals surface area contributed by atoms with E-state index in [9.17, 15) is 23.5 Å². The maximum atomic E-state index is 13.6. The highest BCUT2D eigenvalue weighted by Crippen LogP contribution is 2.32. The number of rotatable bonds is 10. The molecule has 0 unspecified atom stereocenters. The molecule has 0 aliphatic rings. The van der Waals surface area contributed by atoms with Crippen LogP contribution in [0.1, 0.15) is 15.9 Å². The highest BCUT2D eigenvalue weighted by molar-refractivity contribution is 9.10. The van der Waals surface area contributed by atoms with E-state index in [1.54, 1.807) is 53.2 Å². The first-order chi connectivity index (χ1) is 21.4. The summed E-state index contributed by atoms with van der Waals surface area (Å²) in [6.07, 6.45) is -4.41. The molecule has 0 fully saturated rings. The number of aromatic nitrogens is 2. The molecule has 0 atom stereocenters. The molecule has 1 heterocycles. The molecule has 0 aliphatic heterocycles. The fraction of sp³-hybridized carbons (Fsp3) is 0.0667. The quantitative estimate of drug-likeness (QED) is 0.147. The van der Waals surface area contributed by atoms with Gasteiger partial charge in [0.2, 0.25) is 4.80 Å². The van der Waals surface area contributed by atoms with Gasteiger partial charge in [0.1, 0.15) is 22.3 Å². The van der Waals surface area contributed by atoms with Crippen LogP contribution in [0.5, 0.6) is 17.2 Å². The lowest BCUT2D eigenvalue weighted by Gasteiger charge is -2.15. The van der Waals surface area contributed by atoms with E-state index < -0.39 is 18.0 Å². The first-order valence-corrected chi connectivity index (χ1v) is 15.0. The van der Waals surface area contributed by atoms with Gasteiger partial charge in [-0.25, -0.2) is 19.3 Å². The molecule has 5 rings (SSSR count). The van der Waals surface area contributed by atoms with E-state index in [-0.39, 0.29) is 22.3 Å². The van der Waals surface area contributed by atoms with Crippen LogP contribution in [0.15, 0.2) is 94.4 Å². The van der Waals surface area contributed by atoms with Crippen molar-refractivity contribution in [3.8, 4) is 27.8 Å². The van der Waals surface area contributed by atoms with E-state index in [2.05, 4.69) is 20.7 Å². The van der Waals surface area contributed by atoms with Crippen LogP contribution in [0.2, 0.25) is 10.0 Å². The summed E-state index contributed by atoms with van der Waals surface area (Å²) < 4.78 is 39.2. The van der Waals surface area contributed by atoms with Gasteiger partial charge in [-0.1, -0.05) is 58.8 Å². The maximum Gasteiger partial charge on any atom is 0.501 e. The first kappa shape index (κ1) is 32.1. The van der Waals surface area contributed by atoms with E-state index in [0.29, 0.717) is 48.2 Å². The Bertz CT molecular complexity index is 2000. The van der Waals surface area contributed by atoms with Gasteiger partial charge in [0.15, 0.2) is 0 Å². The molecule has 5 aromatic rings. The van der Waals surface area contributed by atoms with Crippen molar-refractivity contribution in [2.75, 3.05) is 0 Å². The number of hydrogen-bond donors (Lipinski definition) is 2. The van der Waals surface area contributed by atoms with Gasteiger partial charge in [-0.2, -0.15) is 13.9 Å². The lowest BCUT2D eigenvalue weighted by molar-refractivity contribution is -0.211. The van der Waals surface area contributed by atoms with Gasteiger partial charge in [0.05, 0.1) is 32.3 Å². The molecular weight excluding hydrogens is 719 g/mol. The highest BCUT2D eigenvalue weighted by Gasteiger charge is 2.42. The zero-order chi connectivity index (χ0) is 32.3. The van der Waals surface area contributed by atoms with Crippen molar-refractivity contribution in [2.24, 2.45) is 4.99 Å². The van der Waals surface area contributed by atoms with Crippen LogP contribution >= 0.6 is 50.5 Å². The van der Waals surface area contributed by atoms with Crippen molar-refractivity contribution in [1.29, 1.82) is 0 Å². The number of alkyl halides is 2. The van der Waals surface area contributed by atoms with Crippen LogP contribution < -0.4 is 14.3 Å². The molecule has 0 spiro atoms. The zero-order valence-corrected chi connectivity index (χ0v) is 26.4. The molecule has 1 aromatic heterocycles. The summed E-state index contributed by atoms with van der Waals surface area (Å²) in [6, 6.07) is 22.2. The van der Waals surface area contributed by atoms with E-state index in [1.807, 2.05) is 6.07 Å². The Balaban J connectivity index is 1.50. The van der Waals surface area contributed by atoms with E-state index >= 15 is 0 Å². The van der Waals surface area contributed by atoms with Gasteiger partial charge in [-0.15, -0.1) is 0 Å². The predicted octanol–water partition coefficient (Wildman–Crippen LogP) is 8.51. The molecule has 45 heavy (non-hydrogen) atoms. The fourth-order valence-electron chi connectivity index (χ4n) is 3.88. The summed E-state index contributed by atoms with van der Waals surface area (Å²) in [4.78, 5) is 27.3. The van der Waals surface area contributed by atoms with Crippen molar-refractivity contribution >= 4 is 68.1 Å². The highest BCUT2D eigenvalue weighted by atomic mass is 79.9. The number of carbonyl (C=O) groups is 2. The molecule has 0 saturated heterocycles. The van der Waals surface area contributed by atoms with E-state index in [0.717, 1.165) is 0 Å². The van der Waals surface area contributed by atoms with E-state index in [4.69, 9.17) is 43.1 Å². The van der Waals surface area contributed by atoms with Crippen LogP contribution in [0.3, 0.4) is 0 Å². The fourth-order valence-corrected chi connectivity index (χ4v) is 5.60. The lowest BCUT2D eigenvalue weighted by atomic mass is 10.2. The maximum absolute atomic E-state index is 13.6. The molecule has 0 amide bonds. The largest absolute Gasteiger partial charge is 0.501 e. The molecule has 0 saturated carbocycles. The van der Waals surface area contributed by atoms with Crippen LogP contribution in [-0.2, 0) is 11.3 Å². The second-order valence-electron chi connectivity index (χ2n) is 9.21. The topological polar surface area (TPSA) is 123 Å². The zero-order valence-electron chi connectivity index (χ0n) is 22.5. The van der Waals surface area contributed by atoms with Crippen molar-refractivity contribution in [3.05, 3.63) is 115 Å². The van der Waals surface area contributed by atoms with E-state index in [1.165, 1.54) is 41.7 Å². The van der Waals surface area contributed by atoms with Crippen LogP contribution in [0.4, 0.5) is 14.5 Å². The monoisotopic (exact) mass is 735 g/mol. The third kappa shape index (κ3) is 7.87. The van der Waals surface area contributed by atoms with Crippen LogP contribution in [-0.4, -0.2) is 38.0 Å². The number of nitrogens with zero attached hydrogens (tertiary/aromatic N) is 3. The standard InChI is InChI=1S/C30H18BrCl2F2N3O6S/c31-22-11-16(7-10-25(22)44-30(34,35)28(41)42)15-38-29(36-19-8-9-23(32)24(33)14-19)45-26(37-38)17-3-1-5-20(12-17)43-21-6-2-4-18(13-21)27(39)40/h1-14H,15H2,(H,39,40)(H,41,42). The normalized spacial score (nSPS) is 11.8. The Morgan fingerprint density at radius 3 is 2.38 bits per heavy atom. The number of halogens is 5. The Kier molecular flexibility index (Phi) is 9.53. The van der Waals surface area contributed by atoms with Crippen molar-refractivity contribution in [2.45, 2.75) is 12.7 Å². The first-order valence-electron chi connectivity index (χ1n) is 12.7. The summed E-state index contributed by atoms with van der Waals surface area (Å²) in [5.41, 5.74) is 1.87. The number of ether oxygens (including phenoxy) is 2. The summed E-state index contributed by atoms with van der Waals surface area (Å²) >= 11 is 16.7. The minimum absolute atomic E-state index is 0.0833. The second-order valence-corrected chi connectivity index (χ2v) is 11.8. The molecule has 2 N–H and O–H groups in total. The Morgan fingerprint density at radius 2 is 1.69 bits per heavy atom.